The van der Waals surface area contributed by atoms with Crippen LogP contribution in [0.1, 0.15) is 65.2 Å². The molecule has 4 fully saturated rings. The number of hydrogen-bond donors (Lipinski definition) is 2. The van der Waals surface area contributed by atoms with E-state index in [0.717, 1.165) is 44.2 Å². The number of amides is 1. The van der Waals surface area contributed by atoms with Gasteiger partial charge in [-0.05, 0) is 55.3 Å². The fourth-order valence-electron chi connectivity index (χ4n) is 6.72. The molecule has 1 amide bonds. The van der Waals surface area contributed by atoms with Crippen LogP contribution in [0.15, 0.2) is 5.16 Å². The van der Waals surface area contributed by atoms with Crippen LogP contribution in [-0.2, 0) is 14.4 Å². The van der Waals surface area contributed by atoms with Gasteiger partial charge in [-0.3, -0.25) is 9.59 Å². The highest BCUT2D eigenvalue weighted by Gasteiger charge is 2.60. The number of Topliss-reactive ketones (excluding diaryl/α,β-unsaturated/α-hetero) is 1. The van der Waals surface area contributed by atoms with Crippen molar-refractivity contribution in [3.05, 3.63) is 0 Å². The van der Waals surface area contributed by atoms with Crippen LogP contribution >= 0.6 is 0 Å². The predicted octanol–water partition coefficient (Wildman–Crippen LogP) is 2.41. The predicted molar refractivity (Wildman–Crippen MR) is 103 cm³/mol. The maximum atomic E-state index is 12.8. The summed E-state index contributed by atoms with van der Waals surface area (Å²) in [5.41, 5.74) is 6.37. The largest absolute Gasteiger partial charge is 0.395 e. The molecule has 4 aliphatic rings. The van der Waals surface area contributed by atoms with Crippen LogP contribution in [0.2, 0.25) is 0 Å². The van der Waals surface area contributed by atoms with Crippen molar-refractivity contribution in [1.29, 1.82) is 0 Å². The SMILES string of the molecule is C[C@]12CC/C(=N/OCCN)CC1NC(=O)C[C@@H]1[C@@H]2CC[C@]2(C)C(=O)CC[C@@H]12. The topological polar surface area (TPSA) is 93.8 Å². The molecule has 1 unspecified atom stereocenters. The van der Waals surface area contributed by atoms with E-state index in [-0.39, 0.29) is 22.8 Å². The highest BCUT2D eigenvalue weighted by molar-refractivity contribution is 5.88. The molecule has 6 nitrogen and oxygen atoms in total. The number of nitrogens with zero attached hydrogens (tertiary/aromatic N) is 1. The minimum absolute atomic E-state index is 0.0662. The number of carbonyl (C=O) groups excluding carboxylic acids is 2. The molecule has 1 aliphatic heterocycles. The van der Waals surface area contributed by atoms with E-state index in [4.69, 9.17) is 10.6 Å². The molecule has 0 spiro atoms. The maximum absolute atomic E-state index is 12.8. The van der Waals surface area contributed by atoms with Gasteiger partial charge in [0.2, 0.25) is 5.91 Å². The second-order valence-electron chi connectivity index (χ2n) is 9.61. The number of hydrogen-bond acceptors (Lipinski definition) is 5. The molecule has 27 heavy (non-hydrogen) atoms. The lowest BCUT2D eigenvalue weighted by atomic mass is 9.51. The first-order chi connectivity index (χ1) is 12.9. The highest BCUT2D eigenvalue weighted by Crippen LogP contribution is 2.61. The standard InChI is InChI=1S/C21H33N3O3/c1-20-7-5-13(24-27-10-9-22)11-17(20)23-19(26)12-14-15-3-4-18(25)21(15,2)8-6-16(14)20/h14-17H,3-12,22H2,1-2H3,(H,23,26)/b24-13-/t14-,15-,16-,17?,20+,21-/m0/s1. The summed E-state index contributed by atoms with van der Waals surface area (Å²) in [6, 6.07) is 0.107. The van der Waals surface area contributed by atoms with Gasteiger partial charge in [-0.15, -0.1) is 0 Å². The van der Waals surface area contributed by atoms with Gasteiger partial charge in [0.05, 0.1) is 5.71 Å². The molecule has 3 aliphatic carbocycles. The van der Waals surface area contributed by atoms with Crippen molar-refractivity contribution < 1.29 is 14.4 Å². The zero-order chi connectivity index (χ0) is 19.2. The van der Waals surface area contributed by atoms with Crippen LogP contribution in [-0.4, -0.2) is 36.6 Å². The first-order valence-electron chi connectivity index (χ1n) is 10.6. The van der Waals surface area contributed by atoms with Crippen LogP contribution in [0, 0.1) is 28.6 Å². The minimum Gasteiger partial charge on any atom is -0.395 e. The lowest BCUT2D eigenvalue weighted by Crippen LogP contribution is -2.54. The van der Waals surface area contributed by atoms with Crippen LogP contribution in [0.4, 0.5) is 0 Å². The fourth-order valence-corrected chi connectivity index (χ4v) is 6.72. The smallest absolute Gasteiger partial charge is 0.220 e. The summed E-state index contributed by atoms with van der Waals surface area (Å²) < 4.78 is 0. The molecule has 0 aromatic heterocycles. The molecule has 0 aromatic rings. The van der Waals surface area contributed by atoms with Gasteiger partial charge in [0.25, 0.3) is 0 Å². The Labute approximate surface area is 161 Å². The molecule has 150 valence electrons. The van der Waals surface area contributed by atoms with Crippen molar-refractivity contribution >= 4 is 17.4 Å². The average molecular weight is 376 g/mol. The number of nitrogens with two attached hydrogens (primary N) is 1. The van der Waals surface area contributed by atoms with Crippen molar-refractivity contribution in [2.24, 2.45) is 39.5 Å². The van der Waals surface area contributed by atoms with Crippen molar-refractivity contribution in [3.8, 4) is 0 Å². The highest BCUT2D eigenvalue weighted by atomic mass is 16.6. The quantitative estimate of drug-likeness (QED) is 0.585. The van der Waals surface area contributed by atoms with Crippen LogP contribution in [0.5, 0.6) is 0 Å². The molecule has 6 heteroatoms. The van der Waals surface area contributed by atoms with Gasteiger partial charge in [-0.1, -0.05) is 19.0 Å². The van der Waals surface area contributed by atoms with Crippen molar-refractivity contribution in [2.45, 2.75) is 71.3 Å². The molecule has 6 atom stereocenters. The van der Waals surface area contributed by atoms with Gasteiger partial charge in [-0.25, -0.2) is 0 Å². The van der Waals surface area contributed by atoms with Gasteiger partial charge in [-0.2, -0.15) is 0 Å². The summed E-state index contributed by atoms with van der Waals surface area (Å²) in [7, 11) is 0. The van der Waals surface area contributed by atoms with Gasteiger partial charge in [0, 0.05) is 37.3 Å². The van der Waals surface area contributed by atoms with E-state index >= 15 is 0 Å². The number of rotatable bonds is 3. The van der Waals surface area contributed by atoms with E-state index in [1.165, 1.54) is 0 Å². The molecule has 0 bridgehead atoms. The summed E-state index contributed by atoms with van der Waals surface area (Å²) in [6.45, 7) is 5.40. The molecule has 0 radical (unpaired) electrons. The fraction of sp³-hybridized carbons (Fsp3) is 0.857. The molecular formula is C21H33N3O3. The number of nitrogens with one attached hydrogen (secondary N) is 1. The minimum atomic E-state index is -0.199. The second kappa shape index (κ2) is 6.87. The van der Waals surface area contributed by atoms with Gasteiger partial charge >= 0.3 is 0 Å². The van der Waals surface area contributed by atoms with E-state index in [2.05, 4.69) is 24.3 Å². The number of carbonyl (C=O) groups is 2. The van der Waals surface area contributed by atoms with Crippen LogP contribution in [0.25, 0.3) is 0 Å². The number of fused-ring (bicyclic) bond motifs is 5. The monoisotopic (exact) mass is 375 g/mol. The molecule has 3 saturated carbocycles. The third kappa shape index (κ3) is 3.00. The van der Waals surface area contributed by atoms with Crippen molar-refractivity contribution in [2.75, 3.05) is 13.2 Å². The van der Waals surface area contributed by atoms with Crippen LogP contribution < -0.4 is 11.1 Å². The molecule has 3 N–H and O–H groups in total. The van der Waals surface area contributed by atoms with E-state index < -0.39 is 0 Å². The van der Waals surface area contributed by atoms with Crippen molar-refractivity contribution in [3.63, 3.8) is 0 Å². The molecule has 4 rings (SSSR count). The summed E-state index contributed by atoms with van der Waals surface area (Å²) in [5.74, 6) is 1.76. The Bertz CT molecular complexity index is 663. The second-order valence-corrected chi connectivity index (χ2v) is 9.61. The normalized spacial score (nSPS) is 45.5. The molecule has 1 heterocycles. The zero-order valence-electron chi connectivity index (χ0n) is 16.6. The summed E-state index contributed by atoms with van der Waals surface area (Å²) in [6.07, 6.45) is 6.96. The zero-order valence-corrected chi connectivity index (χ0v) is 16.6. The molecule has 1 saturated heterocycles. The lowest BCUT2D eigenvalue weighted by molar-refractivity contribution is -0.133. The summed E-state index contributed by atoms with van der Waals surface area (Å²) in [5, 5.41) is 7.59. The Balaban J connectivity index is 1.60. The summed E-state index contributed by atoms with van der Waals surface area (Å²) >= 11 is 0. The first kappa shape index (κ1) is 18.9. The van der Waals surface area contributed by atoms with Gasteiger partial charge in [0.15, 0.2) is 0 Å². The maximum Gasteiger partial charge on any atom is 0.220 e. The number of ketones is 1. The van der Waals surface area contributed by atoms with Crippen LogP contribution in [0.3, 0.4) is 0 Å². The van der Waals surface area contributed by atoms with Gasteiger partial charge < -0.3 is 15.9 Å². The Kier molecular flexibility index (Phi) is 4.81. The van der Waals surface area contributed by atoms with E-state index in [9.17, 15) is 9.59 Å². The molecular weight excluding hydrogens is 342 g/mol. The Morgan fingerprint density at radius 3 is 2.74 bits per heavy atom. The first-order valence-corrected chi connectivity index (χ1v) is 10.6. The Morgan fingerprint density at radius 1 is 1.15 bits per heavy atom. The van der Waals surface area contributed by atoms with Gasteiger partial charge in [0.1, 0.15) is 12.4 Å². The number of oxime groups is 1. The van der Waals surface area contributed by atoms with E-state index in [1.54, 1.807) is 0 Å². The van der Waals surface area contributed by atoms with E-state index in [1.807, 2.05) is 0 Å². The van der Waals surface area contributed by atoms with E-state index in [0.29, 0.717) is 49.5 Å². The van der Waals surface area contributed by atoms with Crippen molar-refractivity contribution in [1.82, 2.24) is 5.32 Å². The lowest BCUT2D eigenvalue weighted by Gasteiger charge is -2.53. The average Bonchev–Trinajstić information content (AvgIpc) is 2.87. The Morgan fingerprint density at radius 2 is 1.96 bits per heavy atom. The third-order valence-electron chi connectivity index (χ3n) is 8.34. The third-order valence-corrected chi connectivity index (χ3v) is 8.34. The summed E-state index contributed by atoms with van der Waals surface area (Å²) in [4.78, 5) is 30.7. The Hall–Kier alpha value is -1.43. The molecule has 0 aromatic carbocycles.